The quantitative estimate of drug-likeness (QED) is 0.247. The molecule has 0 aliphatic rings. The topological polar surface area (TPSA) is 66.7 Å². The minimum Gasteiger partial charge on any atom is -0.410 e. The van der Waals surface area contributed by atoms with Gasteiger partial charge in [-0.05, 0) is 0 Å². The molecule has 1 N–H and O–H groups in total. The van der Waals surface area contributed by atoms with Gasteiger partial charge in [-0.3, -0.25) is 9.59 Å². The molecule has 50 valence electrons. The second kappa shape index (κ2) is 2.96. The van der Waals surface area contributed by atoms with Gasteiger partial charge in [-0.25, -0.2) is 0 Å². The molecule has 4 heteroatoms. The van der Waals surface area contributed by atoms with Crippen LogP contribution in [0.2, 0.25) is 0 Å². The number of carbonyl (C=O) groups is 2. The first-order chi connectivity index (χ1) is 4.09. The zero-order chi connectivity index (χ0) is 7.44. The van der Waals surface area contributed by atoms with Crippen molar-refractivity contribution >= 4 is 17.3 Å². The van der Waals surface area contributed by atoms with Gasteiger partial charge in [0.15, 0.2) is 17.3 Å². The minimum absolute atomic E-state index is 0.407. The van der Waals surface area contributed by atoms with Gasteiger partial charge in [0, 0.05) is 13.8 Å². The Morgan fingerprint density at radius 3 is 1.56 bits per heavy atom. The predicted molar refractivity (Wildman–Crippen MR) is 30.6 cm³/mol. The highest BCUT2D eigenvalue weighted by Crippen LogP contribution is 1.81. The summed E-state index contributed by atoms with van der Waals surface area (Å²) in [6, 6.07) is 0. The molecule has 9 heavy (non-hydrogen) atoms. The molecule has 0 rings (SSSR count). The molecule has 0 aromatic rings. The van der Waals surface area contributed by atoms with Crippen molar-refractivity contribution in [2.45, 2.75) is 13.8 Å². The highest BCUT2D eigenvalue weighted by molar-refractivity contribution is 6.65. The van der Waals surface area contributed by atoms with E-state index < -0.39 is 17.3 Å². The second-order valence-electron chi connectivity index (χ2n) is 1.56. The Hall–Kier alpha value is -1.19. The van der Waals surface area contributed by atoms with Gasteiger partial charge in [0.05, 0.1) is 0 Å². The summed E-state index contributed by atoms with van der Waals surface area (Å²) in [4.78, 5) is 20.6. The lowest BCUT2D eigenvalue weighted by Crippen LogP contribution is -2.18. The summed E-state index contributed by atoms with van der Waals surface area (Å²) in [6.07, 6.45) is 0. The second-order valence-corrected chi connectivity index (χ2v) is 1.56. The minimum atomic E-state index is -0.523. The fourth-order valence-corrected chi connectivity index (χ4v) is 0.389. The first-order valence-electron chi connectivity index (χ1n) is 2.33. The number of Topliss-reactive ketones (excluding diaryl/α,β-unsaturated/α-hetero) is 2. The molecular weight excluding hydrogens is 122 g/mol. The maximum Gasteiger partial charge on any atom is 0.187 e. The number of nitrogens with zero attached hydrogens (tertiary/aromatic N) is 1. The standard InChI is InChI=1S/C5H7NO3/c1-3(7)5(6-9)4(2)8/h9H,1-2H3. The van der Waals surface area contributed by atoms with Gasteiger partial charge in [-0.1, -0.05) is 5.16 Å². The average molecular weight is 129 g/mol. The van der Waals surface area contributed by atoms with E-state index in [2.05, 4.69) is 5.16 Å². The van der Waals surface area contributed by atoms with Gasteiger partial charge >= 0.3 is 0 Å². The summed E-state index contributed by atoms with van der Waals surface area (Å²) in [5, 5.41) is 10.5. The van der Waals surface area contributed by atoms with Crippen molar-refractivity contribution in [2.75, 3.05) is 0 Å². The van der Waals surface area contributed by atoms with Gasteiger partial charge in [0.25, 0.3) is 0 Å². The van der Waals surface area contributed by atoms with Crippen LogP contribution in [0.3, 0.4) is 0 Å². The average Bonchev–Trinajstić information content (AvgIpc) is 1.64. The van der Waals surface area contributed by atoms with Crippen molar-refractivity contribution in [1.82, 2.24) is 0 Å². The number of hydrogen-bond donors (Lipinski definition) is 1. The van der Waals surface area contributed by atoms with Crippen molar-refractivity contribution in [3.8, 4) is 0 Å². The van der Waals surface area contributed by atoms with Crippen LogP contribution in [-0.4, -0.2) is 22.5 Å². The van der Waals surface area contributed by atoms with E-state index in [-0.39, 0.29) is 0 Å². The Bertz CT molecular complexity index is 155. The molecule has 0 fully saturated rings. The number of hydrogen-bond acceptors (Lipinski definition) is 4. The molecule has 0 bridgehead atoms. The number of oxime groups is 1. The molecule has 0 saturated heterocycles. The van der Waals surface area contributed by atoms with Gasteiger partial charge in [0.1, 0.15) is 0 Å². The molecule has 0 amide bonds. The van der Waals surface area contributed by atoms with E-state index in [1.54, 1.807) is 0 Å². The maximum absolute atomic E-state index is 10.3. The van der Waals surface area contributed by atoms with Crippen LogP contribution >= 0.6 is 0 Å². The van der Waals surface area contributed by atoms with Crippen LogP contribution in [0.4, 0.5) is 0 Å². The van der Waals surface area contributed by atoms with Crippen LogP contribution in [0, 0.1) is 0 Å². The van der Waals surface area contributed by atoms with Crippen molar-refractivity contribution in [1.29, 1.82) is 0 Å². The molecule has 0 atom stereocenters. The molecular formula is C5H7NO3. The molecule has 0 saturated carbocycles. The molecule has 0 aliphatic carbocycles. The summed E-state index contributed by atoms with van der Waals surface area (Å²) in [6.45, 7) is 2.33. The van der Waals surface area contributed by atoms with Crippen LogP contribution in [0.1, 0.15) is 13.8 Å². The van der Waals surface area contributed by atoms with Gasteiger partial charge in [0.2, 0.25) is 0 Å². The van der Waals surface area contributed by atoms with E-state index in [1.165, 1.54) is 0 Å². The van der Waals surface area contributed by atoms with Crippen molar-refractivity contribution in [3.63, 3.8) is 0 Å². The van der Waals surface area contributed by atoms with E-state index in [4.69, 9.17) is 5.21 Å². The zero-order valence-electron chi connectivity index (χ0n) is 5.21. The van der Waals surface area contributed by atoms with E-state index in [0.29, 0.717) is 0 Å². The number of carbonyl (C=O) groups excluding carboxylic acids is 2. The third kappa shape index (κ3) is 2.03. The largest absolute Gasteiger partial charge is 0.410 e. The van der Waals surface area contributed by atoms with Crippen LogP contribution in [0.15, 0.2) is 5.16 Å². The third-order valence-electron chi connectivity index (χ3n) is 0.767. The molecule has 0 unspecified atom stereocenters. The van der Waals surface area contributed by atoms with Crippen LogP contribution in [-0.2, 0) is 9.59 Å². The first kappa shape index (κ1) is 7.81. The number of rotatable bonds is 2. The molecule has 0 radical (unpaired) electrons. The van der Waals surface area contributed by atoms with Gasteiger partial charge in [-0.15, -0.1) is 0 Å². The lowest BCUT2D eigenvalue weighted by molar-refractivity contribution is -0.115. The monoisotopic (exact) mass is 129 g/mol. The number of ketones is 2. The van der Waals surface area contributed by atoms with Crippen molar-refractivity contribution in [2.24, 2.45) is 5.16 Å². The fourth-order valence-electron chi connectivity index (χ4n) is 0.389. The SMILES string of the molecule is CC(=O)C(=NO)C(C)=O. The predicted octanol–water partition coefficient (Wildman–Crippen LogP) is -0.00540. The lowest BCUT2D eigenvalue weighted by atomic mass is 10.2. The van der Waals surface area contributed by atoms with Crippen molar-refractivity contribution < 1.29 is 14.8 Å². The summed E-state index contributed by atoms with van der Waals surface area (Å²) in [5.74, 6) is -1.05. The summed E-state index contributed by atoms with van der Waals surface area (Å²) < 4.78 is 0. The normalized spacial score (nSPS) is 8.22. The molecule has 0 spiro atoms. The highest BCUT2D eigenvalue weighted by Gasteiger charge is 2.10. The fraction of sp³-hybridized carbons (Fsp3) is 0.400. The van der Waals surface area contributed by atoms with Crippen LogP contribution < -0.4 is 0 Å². The van der Waals surface area contributed by atoms with Crippen molar-refractivity contribution in [3.05, 3.63) is 0 Å². The molecule has 0 heterocycles. The Morgan fingerprint density at radius 2 is 1.56 bits per heavy atom. The Balaban J connectivity index is 4.38. The highest BCUT2D eigenvalue weighted by atomic mass is 16.4. The molecule has 0 aromatic carbocycles. The van der Waals surface area contributed by atoms with E-state index in [9.17, 15) is 9.59 Å². The Labute approximate surface area is 52.2 Å². The van der Waals surface area contributed by atoms with Crippen LogP contribution in [0.25, 0.3) is 0 Å². The molecule has 0 aliphatic heterocycles. The first-order valence-corrected chi connectivity index (χ1v) is 2.33. The van der Waals surface area contributed by atoms with Gasteiger partial charge in [-0.2, -0.15) is 0 Å². The Morgan fingerprint density at radius 1 is 1.22 bits per heavy atom. The maximum atomic E-state index is 10.3. The third-order valence-corrected chi connectivity index (χ3v) is 0.767. The summed E-state index contributed by atoms with van der Waals surface area (Å²) in [5.41, 5.74) is -0.407. The summed E-state index contributed by atoms with van der Waals surface area (Å²) in [7, 11) is 0. The Kier molecular flexibility index (Phi) is 2.57. The van der Waals surface area contributed by atoms with E-state index >= 15 is 0 Å². The smallest absolute Gasteiger partial charge is 0.187 e. The van der Waals surface area contributed by atoms with E-state index in [1.807, 2.05) is 0 Å². The van der Waals surface area contributed by atoms with Crippen LogP contribution in [0.5, 0.6) is 0 Å². The van der Waals surface area contributed by atoms with Gasteiger partial charge < -0.3 is 5.21 Å². The zero-order valence-corrected chi connectivity index (χ0v) is 5.21. The molecule has 0 aromatic heterocycles. The molecule has 4 nitrogen and oxygen atoms in total. The lowest BCUT2D eigenvalue weighted by Gasteiger charge is -1.88. The van der Waals surface area contributed by atoms with E-state index in [0.717, 1.165) is 13.8 Å². The summed E-state index contributed by atoms with van der Waals surface area (Å²) >= 11 is 0.